The second-order valence-electron chi connectivity index (χ2n) is 10.7. The minimum Gasteiger partial charge on any atom is -0.444 e. The van der Waals surface area contributed by atoms with Gasteiger partial charge < -0.3 is 9.16 Å². The van der Waals surface area contributed by atoms with Crippen molar-refractivity contribution in [3.05, 3.63) is 72.8 Å². The van der Waals surface area contributed by atoms with E-state index in [9.17, 15) is 4.79 Å². The second-order valence-corrected chi connectivity index (χ2v) is 15.0. The molecule has 4 nitrogen and oxygen atoms in total. The van der Waals surface area contributed by atoms with Crippen molar-refractivity contribution in [2.24, 2.45) is 0 Å². The van der Waals surface area contributed by atoms with Gasteiger partial charge in [-0.2, -0.15) is 0 Å². The number of amides is 1. The molecule has 3 rings (SSSR count). The van der Waals surface area contributed by atoms with Crippen molar-refractivity contribution < 1.29 is 14.0 Å². The Labute approximate surface area is 194 Å². The van der Waals surface area contributed by atoms with E-state index in [0.29, 0.717) is 13.2 Å². The SMILES string of the molecule is C=C1C[C@H](CO[Si](c2ccccc2)(c2ccccc2)C(C)(C)C)N(C(=O)OC(C)(C)C)C1. The number of hydrogen-bond donors (Lipinski definition) is 0. The minimum absolute atomic E-state index is 0.0843. The number of carbonyl (C=O) groups excluding carboxylic acids is 1. The van der Waals surface area contributed by atoms with Crippen molar-refractivity contribution >= 4 is 24.8 Å². The molecule has 1 saturated heterocycles. The van der Waals surface area contributed by atoms with Crippen LogP contribution in [0.5, 0.6) is 0 Å². The number of benzene rings is 2. The molecule has 0 aliphatic carbocycles. The van der Waals surface area contributed by atoms with E-state index in [1.54, 1.807) is 4.90 Å². The Morgan fingerprint density at radius 2 is 1.47 bits per heavy atom. The fraction of sp³-hybridized carbons (Fsp3) is 0.444. The third-order valence-electron chi connectivity index (χ3n) is 5.90. The van der Waals surface area contributed by atoms with Gasteiger partial charge in [0.25, 0.3) is 8.32 Å². The summed E-state index contributed by atoms with van der Waals surface area (Å²) in [6, 6.07) is 21.1. The van der Waals surface area contributed by atoms with Crippen molar-refractivity contribution in [2.75, 3.05) is 13.2 Å². The van der Waals surface area contributed by atoms with Crippen LogP contribution in [0.25, 0.3) is 0 Å². The van der Waals surface area contributed by atoms with E-state index in [0.717, 1.165) is 12.0 Å². The lowest BCUT2D eigenvalue weighted by Gasteiger charge is -2.44. The lowest BCUT2D eigenvalue weighted by atomic mass is 10.2. The van der Waals surface area contributed by atoms with Gasteiger partial charge in [-0.1, -0.05) is 93.6 Å². The van der Waals surface area contributed by atoms with Crippen LogP contribution in [-0.4, -0.2) is 44.1 Å². The summed E-state index contributed by atoms with van der Waals surface area (Å²) >= 11 is 0. The van der Waals surface area contributed by atoms with Crippen molar-refractivity contribution in [1.82, 2.24) is 4.90 Å². The summed E-state index contributed by atoms with van der Waals surface area (Å²) < 4.78 is 12.7. The molecule has 1 heterocycles. The summed E-state index contributed by atoms with van der Waals surface area (Å²) in [6.45, 7) is 17.6. The molecule has 5 heteroatoms. The predicted octanol–water partition coefficient (Wildman–Crippen LogP) is 5.13. The quantitative estimate of drug-likeness (QED) is 0.467. The number of rotatable bonds is 5. The molecule has 0 unspecified atom stereocenters. The zero-order chi connectivity index (χ0) is 23.6. The first-order chi connectivity index (χ1) is 14.9. The van der Waals surface area contributed by atoms with Crippen molar-refractivity contribution in [3.8, 4) is 0 Å². The van der Waals surface area contributed by atoms with Crippen molar-refractivity contribution in [1.29, 1.82) is 0 Å². The van der Waals surface area contributed by atoms with Gasteiger partial charge in [0.15, 0.2) is 0 Å². The molecule has 1 amide bonds. The summed E-state index contributed by atoms with van der Waals surface area (Å²) in [5.41, 5.74) is 0.497. The van der Waals surface area contributed by atoms with Gasteiger partial charge in [0, 0.05) is 6.54 Å². The van der Waals surface area contributed by atoms with Crippen molar-refractivity contribution in [2.45, 2.75) is 64.6 Å². The normalized spacial score (nSPS) is 17.5. The third-order valence-corrected chi connectivity index (χ3v) is 10.9. The molecule has 1 aliphatic heterocycles. The van der Waals surface area contributed by atoms with Crippen LogP contribution in [0.1, 0.15) is 48.0 Å². The fourth-order valence-corrected chi connectivity index (χ4v) is 9.14. The molecule has 0 aromatic heterocycles. The van der Waals surface area contributed by atoms with Gasteiger partial charge in [0.1, 0.15) is 5.60 Å². The van der Waals surface area contributed by atoms with Crippen LogP contribution in [0, 0.1) is 0 Å². The van der Waals surface area contributed by atoms with E-state index in [2.05, 4.69) is 75.9 Å². The van der Waals surface area contributed by atoms with E-state index >= 15 is 0 Å². The number of likely N-dealkylation sites (tertiary alicyclic amines) is 1. The molecule has 0 N–H and O–H groups in total. The first-order valence-corrected chi connectivity index (χ1v) is 13.3. The van der Waals surface area contributed by atoms with Gasteiger partial charge >= 0.3 is 6.09 Å². The molecule has 1 fully saturated rings. The number of hydrogen-bond acceptors (Lipinski definition) is 3. The first kappa shape index (κ1) is 24.3. The Kier molecular flexibility index (Phi) is 7.01. The van der Waals surface area contributed by atoms with Crippen LogP contribution >= 0.6 is 0 Å². The number of carbonyl (C=O) groups is 1. The molecule has 1 aliphatic rings. The molecule has 32 heavy (non-hydrogen) atoms. The summed E-state index contributed by atoms with van der Waals surface area (Å²) in [5.74, 6) is 0. The zero-order valence-corrected chi connectivity index (χ0v) is 21.4. The average Bonchev–Trinajstić information content (AvgIpc) is 3.09. The number of nitrogens with zero attached hydrogens (tertiary/aromatic N) is 1. The summed E-state index contributed by atoms with van der Waals surface area (Å²) in [6.07, 6.45) is 0.435. The first-order valence-electron chi connectivity index (χ1n) is 11.4. The van der Waals surface area contributed by atoms with Gasteiger partial charge in [-0.25, -0.2) is 4.79 Å². The molecule has 172 valence electrons. The molecule has 0 bridgehead atoms. The lowest BCUT2D eigenvalue weighted by molar-refractivity contribution is 0.0186. The highest BCUT2D eigenvalue weighted by molar-refractivity contribution is 6.99. The summed E-state index contributed by atoms with van der Waals surface area (Å²) in [4.78, 5) is 14.7. The fourth-order valence-electron chi connectivity index (χ4n) is 4.54. The topological polar surface area (TPSA) is 38.8 Å². The smallest absolute Gasteiger partial charge is 0.410 e. The van der Waals surface area contributed by atoms with Crippen LogP contribution in [0.4, 0.5) is 4.79 Å². The van der Waals surface area contributed by atoms with Gasteiger partial charge in [0.2, 0.25) is 0 Å². The molecular weight excluding hydrogens is 414 g/mol. The third kappa shape index (κ3) is 5.16. The maximum Gasteiger partial charge on any atom is 0.410 e. The van der Waals surface area contributed by atoms with Crippen molar-refractivity contribution in [3.63, 3.8) is 0 Å². The molecule has 0 radical (unpaired) electrons. The highest BCUT2D eigenvalue weighted by Gasteiger charge is 2.51. The maximum absolute atomic E-state index is 12.9. The predicted molar refractivity (Wildman–Crippen MR) is 134 cm³/mol. The highest BCUT2D eigenvalue weighted by Crippen LogP contribution is 2.37. The van der Waals surface area contributed by atoms with Gasteiger partial charge in [-0.15, -0.1) is 0 Å². The monoisotopic (exact) mass is 451 g/mol. The molecule has 2 aromatic carbocycles. The Balaban J connectivity index is 1.97. The molecule has 0 spiro atoms. The van der Waals surface area contributed by atoms with Gasteiger partial charge in [-0.05, 0) is 42.6 Å². The minimum atomic E-state index is -2.66. The summed E-state index contributed by atoms with van der Waals surface area (Å²) in [7, 11) is -2.66. The molecular formula is C27H37NO3Si. The Morgan fingerprint density at radius 3 is 1.91 bits per heavy atom. The maximum atomic E-state index is 12.9. The van der Waals surface area contributed by atoms with E-state index in [4.69, 9.17) is 9.16 Å². The molecule has 0 saturated carbocycles. The van der Waals surface area contributed by atoms with Crippen LogP contribution in [0.2, 0.25) is 5.04 Å². The van der Waals surface area contributed by atoms with Crippen LogP contribution in [-0.2, 0) is 9.16 Å². The van der Waals surface area contributed by atoms with E-state index < -0.39 is 13.9 Å². The Morgan fingerprint density at radius 1 is 0.969 bits per heavy atom. The van der Waals surface area contributed by atoms with Gasteiger partial charge in [0.05, 0.1) is 12.6 Å². The summed E-state index contributed by atoms with van der Waals surface area (Å²) in [5, 5.41) is 2.36. The molecule has 1 atom stereocenters. The number of ether oxygens (including phenoxy) is 1. The van der Waals surface area contributed by atoms with Gasteiger partial charge in [-0.3, -0.25) is 4.90 Å². The highest BCUT2D eigenvalue weighted by atomic mass is 28.4. The largest absolute Gasteiger partial charge is 0.444 e. The molecule has 2 aromatic rings. The average molecular weight is 452 g/mol. The van der Waals surface area contributed by atoms with E-state index in [-0.39, 0.29) is 17.2 Å². The van der Waals surface area contributed by atoms with Crippen LogP contribution in [0.15, 0.2) is 72.8 Å². The van der Waals surface area contributed by atoms with E-state index in [1.807, 2.05) is 32.9 Å². The lowest BCUT2D eigenvalue weighted by Crippen LogP contribution is -2.67. The Hall–Kier alpha value is -2.37. The second kappa shape index (κ2) is 9.24. The van der Waals surface area contributed by atoms with Crippen LogP contribution in [0.3, 0.4) is 0 Å². The Bertz CT molecular complexity index is 889. The van der Waals surface area contributed by atoms with E-state index in [1.165, 1.54) is 10.4 Å². The standard InChI is InChI=1S/C27H37NO3Si/c1-21-18-22(28(19-21)25(29)31-26(2,3)4)20-30-32(27(5,6)7,23-14-10-8-11-15-23)24-16-12-9-13-17-24/h8-17,22H,1,18-20H2,2-7H3/t22-/m1/s1. The van der Waals surface area contributed by atoms with Crippen LogP contribution < -0.4 is 10.4 Å². The zero-order valence-electron chi connectivity index (χ0n) is 20.4.